The van der Waals surface area contributed by atoms with Gasteiger partial charge in [-0.3, -0.25) is 0 Å². The fourth-order valence-electron chi connectivity index (χ4n) is 2.54. The molecule has 2 aliphatic rings. The van der Waals surface area contributed by atoms with Crippen molar-refractivity contribution in [3.05, 3.63) is 0 Å². The molecule has 2 amide bonds. The second-order valence-corrected chi connectivity index (χ2v) is 6.92. The molecule has 2 fully saturated rings. The molecule has 5 heteroatoms. The molecule has 0 aromatic heterocycles. The maximum absolute atomic E-state index is 11.7. The van der Waals surface area contributed by atoms with Crippen LogP contribution in [0.1, 0.15) is 39.0 Å². The lowest BCUT2D eigenvalue weighted by Gasteiger charge is -2.15. The molecular weight excluding hydrogens is 248 g/mol. The van der Waals surface area contributed by atoms with Crippen molar-refractivity contribution in [3.8, 4) is 0 Å². The highest BCUT2D eigenvalue weighted by molar-refractivity contribution is 7.99. The Labute approximate surface area is 113 Å². The summed E-state index contributed by atoms with van der Waals surface area (Å²) >= 11 is 1.99. The van der Waals surface area contributed by atoms with Crippen LogP contribution in [0.3, 0.4) is 0 Å². The molecule has 0 bridgehead atoms. The number of urea groups is 1. The van der Waals surface area contributed by atoms with Gasteiger partial charge in [-0.25, -0.2) is 4.79 Å². The smallest absolute Gasteiger partial charge is 0.315 e. The molecule has 3 N–H and O–H groups in total. The van der Waals surface area contributed by atoms with E-state index in [1.54, 1.807) is 0 Å². The largest absolute Gasteiger partial charge is 0.391 e. The Morgan fingerprint density at radius 2 is 2.17 bits per heavy atom. The molecule has 104 valence electrons. The number of amides is 2. The molecule has 3 atom stereocenters. The van der Waals surface area contributed by atoms with Crippen molar-refractivity contribution < 1.29 is 9.90 Å². The van der Waals surface area contributed by atoms with E-state index >= 15 is 0 Å². The van der Waals surface area contributed by atoms with Gasteiger partial charge in [-0.2, -0.15) is 11.8 Å². The van der Waals surface area contributed by atoms with E-state index in [9.17, 15) is 9.90 Å². The van der Waals surface area contributed by atoms with Crippen molar-refractivity contribution in [3.63, 3.8) is 0 Å². The molecule has 0 spiro atoms. The van der Waals surface area contributed by atoms with Crippen LogP contribution in [0.15, 0.2) is 0 Å². The third-order valence-electron chi connectivity index (χ3n) is 3.76. The number of aliphatic hydroxyl groups is 1. The molecule has 3 unspecified atom stereocenters. The summed E-state index contributed by atoms with van der Waals surface area (Å²) in [6.07, 6.45) is 5.20. The number of rotatable bonds is 6. The zero-order valence-electron chi connectivity index (χ0n) is 11.0. The average molecular weight is 272 g/mol. The van der Waals surface area contributed by atoms with E-state index in [4.69, 9.17) is 0 Å². The molecule has 0 saturated heterocycles. The van der Waals surface area contributed by atoms with Crippen LogP contribution in [0.5, 0.6) is 0 Å². The first-order valence-electron chi connectivity index (χ1n) is 7.03. The Bertz CT molecular complexity index is 284. The molecule has 0 aromatic rings. The predicted octanol–water partition coefficient (Wildman–Crippen LogP) is 1.73. The molecule has 2 rings (SSSR count). The van der Waals surface area contributed by atoms with Gasteiger partial charge in [0.25, 0.3) is 0 Å². The van der Waals surface area contributed by atoms with Crippen molar-refractivity contribution >= 4 is 17.8 Å². The molecular formula is C13H24N2O2S. The first-order chi connectivity index (χ1) is 8.69. The van der Waals surface area contributed by atoms with Gasteiger partial charge in [0.2, 0.25) is 0 Å². The average Bonchev–Trinajstić information content (AvgIpc) is 3.10. The Hall–Kier alpha value is -0.420. The van der Waals surface area contributed by atoms with E-state index in [1.807, 2.05) is 11.8 Å². The minimum absolute atomic E-state index is 0.123. The number of hydrogen-bond acceptors (Lipinski definition) is 3. The lowest BCUT2D eigenvalue weighted by atomic mass is 10.2. The Balaban J connectivity index is 1.59. The Morgan fingerprint density at radius 3 is 2.83 bits per heavy atom. The van der Waals surface area contributed by atoms with Gasteiger partial charge in [0.15, 0.2) is 0 Å². The van der Waals surface area contributed by atoms with Crippen LogP contribution in [0.2, 0.25) is 0 Å². The van der Waals surface area contributed by atoms with Crippen LogP contribution in [-0.2, 0) is 0 Å². The monoisotopic (exact) mass is 272 g/mol. The lowest BCUT2D eigenvalue weighted by molar-refractivity contribution is 0.149. The molecule has 0 radical (unpaired) electrons. The standard InChI is InChI=1S/C13H24N2O2S/c1-2-18-11-6-5-10(7-11)15-13(17)14-8-12(16)9-3-4-9/h9-12,16H,2-8H2,1H3,(H2,14,15,17). The van der Waals surface area contributed by atoms with Crippen LogP contribution in [0, 0.1) is 5.92 Å². The Kier molecular flexibility index (Phi) is 5.18. The summed E-state index contributed by atoms with van der Waals surface area (Å²) in [6, 6.07) is 0.189. The van der Waals surface area contributed by atoms with Crippen molar-refractivity contribution in [1.82, 2.24) is 10.6 Å². The topological polar surface area (TPSA) is 61.4 Å². The van der Waals surface area contributed by atoms with Gasteiger partial charge in [-0.1, -0.05) is 6.92 Å². The molecule has 0 heterocycles. The third-order valence-corrected chi connectivity index (χ3v) is 4.99. The molecule has 2 saturated carbocycles. The molecule has 0 aromatic carbocycles. The van der Waals surface area contributed by atoms with E-state index in [1.165, 1.54) is 6.42 Å². The van der Waals surface area contributed by atoms with Crippen LogP contribution < -0.4 is 10.6 Å². The summed E-state index contributed by atoms with van der Waals surface area (Å²) in [7, 11) is 0. The van der Waals surface area contributed by atoms with Crippen molar-refractivity contribution in [1.29, 1.82) is 0 Å². The van der Waals surface area contributed by atoms with Gasteiger partial charge in [0.1, 0.15) is 0 Å². The second kappa shape index (κ2) is 6.66. The summed E-state index contributed by atoms with van der Waals surface area (Å²) in [5.74, 6) is 1.57. The summed E-state index contributed by atoms with van der Waals surface area (Å²) in [6.45, 7) is 2.56. The van der Waals surface area contributed by atoms with Crippen molar-refractivity contribution in [2.45, 2.75) is 56.4 Å². The maximum Gasteiger partial charge on any atom is 0.315 e. The normalized spacial score (nSPS) is 29.0. The van der Waals surface area contributed by atoms with E-state index in [0.717, 1.165) is 31.4 Å². The molecule has 0 aliphatic heterocycles. The van der Waals surface area contributed by atoms with E-state index in [-0.39, 0.29) is 12.1 Å². The van der Waals surface area contributed by atoms with Crippen LogP contribution in [0.4, 0.5) is 4.79 Å². The fraction of sp³-hybridized carbons (Fsp3) is 0.923. The lowest BCUT2D eigenvalue weighted by Crippen LogP contribution is -2.44. The van der Waals surface area contributed by atoms with Crippen LogP contribution in [0.25, 0.3) is 0 Å². The van der Waals surface area contributed by atoms with Gasteiger partial charge < -0.3 is 15.7 Å². The molecule has 4 nitrogen and oxygen atoms in total. The van der Waals surface area contributed by atoms with Gasteiger partial charge in [-0.15, -0.1) is 0 Å². The first-order valence-corrected chi connectivity index (χ1v) is 8.08. The van der Waals surface area contributed by atoms with E-state index in [0.29, 0.717) is 23.8 Å². The number of thioether (sulfide) groups is 1. The highest BCUT2D eigenvalue weighted by Gasteiger charge is 2.30. The SMILES string of the molecule is CCSC1CCC(NC(=O)NCC(O)C2CC2)C1. The minimum atomic E-state index is -0.359. The summed E-state index contributed by atoms with van der Waals surface area (Å²) in [5.41, 5.74) is 0. The summed E-state index contributed by atoms with van der Waals surface area (Å²) < 4.78 is 0. The number of carbonyl (C=O) groups excluding carboxylic acids is 1. The quantitative estimate of drug-likeness (QED) is 0.690. The zero-order chi connectivity index (χ0) is 13.0. The van der Waals surface area contributed by atoms with E-state index in [2.05, 4.69) is 17.6 Å². The number of carbonyl (C=O) groups is 1. The number of hydrogen-bond donors (Lipinski definition) is 3. The fourth-order valence-corrected chi connectivity index (χ4v) is 3.68. The highest BCUT2D eigenvalue weighted by Crippen LogP contribution is 2.32. The predicted molar refractivity (Wildman–Crippen MR) is 74.8 cm³/mol. The highest BCUT2D eigenvalue weighted by atomic mass is 32.2. The third kappa shape index (κ3) is 4.35. The van der Waals surface area contributed by atoms with E-state index < -0.39 is 0 Å². The first kappa shape index (κ1) is 14.0. The minimum Gasteiger partial charge on any atom is -0.391 e. The van der Waals surface area contributed by atoms with Crippen LogP contribution in [-0.4, -0.2) is 40.8 Å². The zero-order valence-corrected chi connectivity index (χ0v) is 11.8. The van der Waals surface area contributed by atoms with Gasteiger partial charge in [0, 0.05) is 17.8 Å². The molecule has 18 heavy (non-hydrogen) atoms. The number of nitrogens with one attached hydrogen (secondary N) is 2. The summed E-state index contributed by atoms with van der Waals surface area (Å²) in [4.78, 5) is 11.7. The molecule has 2 aliphatic carbocycles. The van der Waals surface area contributed by atoms with Gasteiger partial charge >= 0.3 is 6.03 Å². The summed E-state index contributed by atoms with van der Waals surface area (Å²) in [5, 5.41) is 16.1. The van der Waals surface area contributed by atoms with Crippen LogP contribution >= 0.6 is 11.8 Å². The number of aliphatic hydroxyl groups excluding tert-OH is 1. The van der Waals surface area contributed by atoms with Gasteiger partial charge in [0.05, 0.1) is 6.10 Å². The van der Waals surface area contributed by atoms with Crippen molar-refractivity contribution in [2.24, 2.45) is 5.92 Å². The van der Waals surface area contributed by atoms with Crippen molar-refractivity contribution in [2.75, 3.05) is 12.3 Å². The van der Waals surface area contributed by atoms with Gasteiger partial charge in [-0.05, 0) is 43.8 Å². The Morgan fingerprint density at radius 1 is 1.39 bits per heavy atom. The second-order valence-electron chi connectivity index (χ2n) is 5.35. The maximum atomic E-state index is 11.7.